The minimum atomic E-state index is -0.0953. The lowest BCUT2D eigenvalue weighted by Crippen LogP contribution is -2.29. The number of aromatic hydroxyl groups is 1. The molecule has 0 bridgehead atoms. The number of benzene rings is 2. The van der Waals surface area contributed by atoms with Gasteiger partial charge in [0.1, 0.15) is 5.75 Å². The van der Waals surface area contributed by atoms with Gasteiger partial charge in [-0.2, -0.15) is 0 Å². The zero-order valence-electron chi connectivity index (χ0n) is 11.4. The summed E-state index contributed by atoms with van der Waals surface area (Å²) in [6.45, 7) is 1.94. The number of amides is 1. The standard InChI is InChI=1S/C16H16ClNO2/c1-11(12-6-8-15(19)9-7-12)18(2)16(20)13-4-3-5-14(17)10-13/h3-11,19H,1-2H3. The first kappa shape index (κ1) is 14.4. The Morgan fingerprint density at radius 1 is 1.20 bits per heavy atom. The Bertz CT molecular complexity index is 610. The minimum absolute atomic E-state index is 0.0897. The molecule has 0 saturated heterocycles. The van der Waals surface area contributed by atoms with Crippen molar-refractivity contribution in [3.05, 3.63) is 64.7 Å². The number of carbonyl (C=O) groups excluding carboxylic acids is 1. The van der Waals surface area contributed by atoms with Crippen LogP contribution in [-0.2, 0) is 0 Å². The third-order valence-electron chi connectivity index (χ3n) is 3.35. The summed E-state index contributed by atoms with van der Waals surface area (Å²) in [6.07, 6.45) is 0. The van der Waals surface area contributed by atoms with Crippen LogP contribution >= 0.6 is 11.6 Å². The van der Waals surface area contributed by atoms with E-state index >= 15 is 0 Å². The molecule has 1 amide bonds. The first-order chi connectivity index (χ1) is 9.49. The zero-order chi connectivity index (χ0) is 14.7. The molecule has 1 unspecified atom stereocenters. The average molecular weight is 290 g/mol. The maximum Gasteiger partial charge on any atom is 0.254 e. The van der Waals surface area contributed by atoms with Gasteiger partial charge in [0.05, 0.1) is 6.04 Å². The first-order valence-corrected chi connectivity index (χ1v) is 6.68. The van der Waals surface area contributed by atoms with Gasteiger partial charge in [0.15, 0.2) is 0 Å². The van der Waals surface area contributed by atoms with Crippen molar-refractivity contribution in [3.8, 4) is 5.75 Å². The Morgan fingerprint density at radius 2 is 1.85 bits per heavy atom. The number of phenolic OH excluding ortho intramolecular Hbond substituents is 1. The molecule has 2 rings (SSSR count). The van der Waals surface area contributed by atoms with Crippen LogP contribution in [0.3, 0.4) is 0 Å². The highest BCUT2D eigenvalue weighted by atomic mass is 35.5. The third-order valence-corrected chi connectivity index (χ3v) is 3.58. The van der Waals surface area contributed by atoms with Crippen LogP contribution in [0, 0.1) is 0 Å². The topological polar surface area (TPSA) is 40.5 Å². The lowest BCUT2D eigenvalue weighted by atomic mass is 10.1. The molecule has 3 nitrogen and oxygen atoms in total. The Labute approximate surface area is 123 Å². The minimum Gasteiger partial charge on any atom is -0.508 e. The molecule has 104 valence electrons. The summed E-state index contributed by atoms with van der Waals surface area (Å²) in [5.74, 6) is 0.123. The molecule has 4 heteroatoms. The molecular formula is C16H16ClNO2. The van der Waals surface area contributed by atoms with E-state index in [2.05, 4.69) is 0 Å². The van der Waals surface area contributed by atoms with Gasteiger partial charge in [-0.1, -0.05) is 29.8 Å². The molecule has 20 heavy (non-hydrogen) atoms. The quantitative estimate of drug-likeness (QED) is 0.931. The van der Waals surface area contributed by atoms with Gasteiger partial charge in [-0.3, -0.25) is 4.79 Å². The monoisotopic (exact) mass is 289 g/mol. The van der Waals surface area contributed by atoms with Crippen molar-refractivity contribution in [3.63, 3.8) is 0 Å². The SMILES string of the molecule is CC(c1ccc(O)cc1)N(C)C(=O)c1cccc(Cl)c1. The second kappa shape index (κ2) is 5.97. The van der Waals surface area contributed by atoms with Gasteiger partial charge < -0.3 is 10.0 Å². The molecule has 0 spiro atoms. The molecule has 0 aliphatic rings. The van der Waals surface area contributed by atoms with Gasteiger partial charge in [-0.15, -0.1) is 0 Å². The molecular weight excluding hydrogens is 274 g/mol. The molecule has 0 heterocycles. The van der Waals surface area contributed by atoms with Crippen LogP contribution in [0.25, 0.3) is 0 Å². The van der Waals surface area contributed by atoms with Gasteiger partial charge in [0.25, 0.3) is 5.91 Å². The van der Waals surface area contributed by atoms with Crippen LogP contribution in [0.15, 0.2) is 48.5 Å². The number of hydrogen-bond acceptors (Lipinski definition) is 2. The summed E-state index contributed by atoms with van der Waals surface area (Å²) in [5.41, 5.74) is 1.52. The zero-order valence-corrected chi connectivity index (χ0v) is 12.1. The van der Waals surface area contributed by atoms with E-state index in [0.717, 1.165) is 5.56 Å². The van der Waals surface area contributed by atoms with Crippen molar-refractivity contribution in [1.82, 2.24) is 4.90 Å². The largest absolute Gasteiger partial charge is 0.508 e. The van der Waals surface area contributed by atoms with E-state index in [0.29, 0.717) is 10.6 Å². The maximum absolute atomic E-state index is 12.4. The highest BCUT2D eigenvalue weighted by Crippen LogP contribution is 2.23. The third kappa shape index (κ3) is 3.11. The van der Waals surface area contributed by atoms with Crippen molar-refractivity contribution in [2.24, 2.45) is 0 Å². The van der Waals surface area contributed by atoms with Gasteiger partial charge in [0.2, 0.25) is 0 Å². The highest BCUT2D eigenvalue weighted by Gasteiger charge is 2.19. The summed E-state index contributed by atoms with van der Waals surface area (Å²) in [6, 6.07) is 13.6. The van der Waals surface area contributed by atoms with Crippen LogP contribution < -0.4 is 0 Å². The normalized spacial score (nSPS) is 11.9. The fourth-order valence-electron chi connectivity index (χ4n) is 1.98. The average Bonchev–Trinajstić information content (AvgIpc) is 2.46. The van der Waals surface area contributed by atoms with Gasteiger partial charge >= 0.3 is 0 Å². The van der Waals surface area contributed by atoms with Crippen molar-refractivity contribution >= 4 is 17.5 Å². The second-order valence-corrected chi connectivity index (χ2v) is 5.13. The van der Waals surface area contributed by atoms with Crippen LogP contribution in [-0.4, -0.2) is 23.0 Å². The lowest BCUT2D eigenvalue weighted by molar-refractivity contribution is 0.0742. The Balaban J connectivity index is 2.20. The number of halogens is 1. The lowest BCUT2D eigenvalue weighted by Gasteiger charge is -2.25. The molecule has 1 atom stereocenters. The van der Waals surface area contributed by atoms with Gasteiger partial charge in [-0.05, 0) is 42.8 Å². The summed E-state index contributed by atoms with van der Waals surface area (Å²) in [7, 11) is 1.75. The maximum atomic E-state index is 12.4. The second-order valence-electron chi connectivity index (χ2n) is 4.69. The number of phenols is 1. The number of carbonyl (C=O) groups is 1. The van der Waals surface area contributed by atoms with E-state index in [1.165, 1.54) is 0 Å². The summed E-state index contributed by atoms with van der Waals surface area (Å²) in [4.78, 5) is 14.0. The van der Waals surface area contributed by atoms with Crippen molar-refractivity contribution in [1.29, 1.82) is 0 Å². The molecule has 1 N–H and O–H groups in total. The molecule has 0 fully saturated rings. The molecule has 0 aliphatic heterocycles. The number of hydrogen-bond donors (Lipinski definition) is 1. The van der Waals surface area contributed by atoms with E-state index < -0.39 is 0 Å². The fourth-order valence-corrected chi connectivity index (χ4v) is 2.17. The molecule has 0 saturated carbocycles. The molecule has 0 aromatic heterocycles. The Morgan fingerprint density at radius 3 is 2.45 bits per heavy atom. The van der Waals surface area contributed by atoms with Gasteiger partial charge in [0, 0.05) is 17.6 Å². The van der Waals surface area contributed by atoms with Crippen molar-refractivity contribution in [2.75, 3.05) is 7.05 Å². The molecule has 2 aromatic rings. The first-order valence-electron chi connectivity index (χ1n) is 6.30. The highest BCUT2D eigenvalue weighted by molar-refractivity contribution is 6.30. The smallest absolute Gasteiger partial charge is 0.254 e. The molecule has 2 aromatic carbocycles. The Kier molecular flexibility index (Phi) is 4.30. The van der Waals surface area contributed by atoms with Crippen LogP contribution in [0.4, 0.5) is 0 Å². The predicted octanol–water partition coefficient (Wildman–Crippen LogP) is 3.88. The van der Waals surface area contributed by atoms with E-state index in [4.69, 9.17) is 11.6 Å². The van der Waals surface area contributed by atoms with Crippen molar-refractivity contribution < 1.29 is 9.90 Å². The molecule has 0 aliphatic carbocycles. The van der Waals surface area contributed by atoms with Crippen molar-refractivity contribution in [2.45, 2.75) is 13.0 Å². The van der Waals surface area contributed by atoms with E-state index in [-0.39, 0.29) is 17.7 Å². The van der Waals surface area contributed by atoms with Crippen LogP contribution in [0.2, 0.25) is 5.02 Å². The number of rotatable bonds is 3. The van der Waals surface area contributed by atoms with E-state index in [1.807, 2.05) is 19.1 Å². The fraction of sp³-hybridized carbons (Fsp3) is 0.188. The predicted molar refractivity (Wildman–Crippen MR) is 80.1 cm³/mol. The van der Waals surface area contributed by atoms with Crippen LogP contribution in [0.1, 0.15) is 28.9 Å². The number of nitrogens with zero attached hydrogens (tertiary/aromatic N) is 1. The van der Waals surface area contributed by atoms with E-state index in [1.54, 1.807) is 48.3 Å². The van der Waals surface area contributed by atoms with E-state index in [9.17, 15) is 9.90 Å². The van der Waals surface area contributed by atoms with Crippen LogP contribution in [0.5, 0.6) is 5.75 Å². The summed E-state index contributed by atoms with van der Waals surface area (Å²) < 4.78 is 0. The summed E-state index contributed by atoms with van der Waals surface area (Å²) >= 11 is 5.91. The molecule has 0 radical (unpaired) electrons. The van der Waals surface area contributed by atoms with Gasteiger partial charge in [-0.25, -0.2) is 0 Å². The Hall–Kier alpha value is -2.00. The summed E-state index contributed by atoms with van der Waals surface area (Å²) in [5, 5.41) is 9.84.